The average molecular weight is 209 g/mol. The number of hydrogen-bond acceptors (Lipinski definition) is 2. The summed E-state index contributed by atoms with van der Waals surface area (Å²) in [6.07, 6.45) is 1.97. The highest BCUT2D eigenvalue weighted by Gasteiger charge is 2.13. The largest absolute Gasteiger partial charge is 0.364 e. The van der Waals surface area contributed by atoms with Gasteiger partial charge in [-0.15, -0.1) is 0 Å². The lowest BCUT2D eigenvalue weighted by Gasteiger charge is -2.25. The number of likely N-dealkylation sites (N-methyl/N-ethyl adjacent to an activating group) is 1. The first-order valence-electron chi connectivity index (χ1n) is 5.60. The number of nitrogens with one attached hydrogen (secondary N) is 2. The Morgan fingerprint density at radius 3 is 2.60 bits per heavy atom. The Balaban J connectivity index is 2.38. The lowest BCUT2D eigenvalue weighted by atomic mass is 10.0. The molecule has 15 heavy (non-hydrogen) atoms. The van der Waals surface area contributed by atoms with Crippen LogP contribution in [0.15, 0.2) is 18.3 Å². The van der Waals surface area contributed by atoms with E-state index in [0.717, 1.165) is 13.1 Å². The summed E-state index contributed by atoms with van der Waals surface area (Å²) in [7, 11) is 4.23. The highest BCUT2D eigenvalue weighted by molar-refractivity contribution is 5.03. The summed E-state index contributed by atoms with van der Waals surface area (Å²) in [5, 5.41) is 3.58. The van der Waals surface area contributed by atoms with Crippen LogP contribution in [-0.2, 0) is 6.54 Å². The molecule has 0 fully saturated rings. The van der Waals surface area contributed by atoms with E-state index in [-0.39, 0.29) is 0 Å². The van der Waals surface area contributed by atoms with E-state index in [4.69, 9.17) is 0 Å². The fourth-order valence-electron chi connectivity index (χ4n) is 1.62. The maximum atomic E-state index is 3.58. The van der Waals surface area contributed by atoms with Gasteiger partial charge in [0.05, 0.1) is 0 Å². The minimum atomic E-state index is 0.545. The van der Waals surface area contributed by atoms with Gasteiger partial charge in [0.25, 0.3) is 0 Å². The molecule has 0 saturated carbocycles. The van der Waals surface area contributed by atoms with Crippen molar-refractivity contribution in [3.05, 3.63) is 24.0 Å². The smallest absolute Gasteiger partial charge is 0.0360 e. The molecule has 0 radical (unpaired) electrons. The van der Waals surface area contributed by atoms with Crippen molar-refractivity contribution in [1.82, 2.24) is 15.2 Å². The third-order valence-electron chi connectivity index (χ3n) is 2.58. The monoisotopic (exact) mass is 209 g/mol. The molecular formula is C12H23N3. The predicted molar refractivity (Wildman–Crippen MR) is 64.8 cm³/mol. The van der Waals surface area contributed by atoms with Crippen molar-refractivity contribution >= 4 is 0 Å². The predicted octanol–water partition coefficient (Wildman–Crippen LogP) is 1.69. The Hall–Kier alpha value is -0.800. The molecule has 0 aliphatic carbocycles. The zero-order valence-corrected chi connectivity index (χ0v) is 10.2. The van der Waals surface area contributed by atoms with E-state index >= 15 is 0 Å². The molecule has 0 saturated heterocycles. The summed E-state index contributed by atoms with van der Waals surface area (Å²) in [5.41, 5.74) is 1.25. The van der Waals surface area contributed by atoms with E-state index in [1.165, 1.54) is 5.69 Å². The number of H-pyrrole nitrogens is 1. The van der Waals surface area contributed by atoms with Crippen LogP contribution in [0, 0.1) is 5.92 Å². The molecule has 3 nitrogen and oxygen atoms in total. The van der Waals surface area contributed by atoms with E-state index in [1.807, 2.05) is 12.3 Å². The fraction of sp³-hybridized carbons (Fsp3) is 0.667. The second-order valence-electron chi connectivity index (χ2n) is 4.69. The van der Waals surface area contributed by atoms with Crippen molar-refractivity contribution in [3.8, 4) is 0 Å². The summed E-state index contributed by atoms with van der Waals surface area (Å²) in [6, 6.07) is 4.69. The fourth-order valence-corrected chi connectivity index (χ4v) is 1.62. The van der Waals surface area contributed by atoms with Gasteiger partial charge in [0.15, 0.2) is 0 Å². The summed E-state index contributed by atoms with van der Waals surface area (Å²) >= 11 is 0. The van der Waals surface area contributed by atoms with Crippen molar-refractivity contribution in [3.63, 3.8) is 0 Å². The first kappa shape index (κ1) is 12.3. The standard InChI is InChI=1S/C12H23N3/c1-10(2)12(9-15(3)4)14-8-11-6-5-7-13-11/h5-7,10,12-14H,8-9H2,1-4H3. The minimum absolute atomic E-state index is 0.545. The quantitative estimate of drug-likeness (QED) is 0.747. The first-order chi connectivity index (χ1) is 7.09. The van der Waals surface area contributed by atoms with Gasteiger partial charge in [-0.1, -0.05) is 13.8 Å². The lowest BCUT2D eigenvalue weighted by Crippen LogP contribution is -2.41. The van der Waals surface area contributed by atoms with E-state index in [2.05, 4.69) is 49.2 Å². The molecule has 0 aromatic carbocycles. The summed E-state index contributed by atoms with van der Waals surface area (Å²) < 4.78 is 0. The van der Waals surface area contributed by atoms with Crippen LogP contribution in [0.1, 0.15) is 19.5 Å². The van der Waals surface area contributed by atoms with Crippen LogP contribution >= 0.6 is 0 Å². The third-order valence-corrected chi connectivity index (χ3v) is 2.58. The molecule has 0 amide bonds. The molecule has 2 N–H and O–H groups in total. The average Bonchev–Trinajstić information content (AvgIpc) is 2.63. The molecule has 0 aliphatic heterocycles. The number of rotatable bonds is 6. The van der Waals surface area contributed by atoms with Gasteiger partial charge < -0.3 is 15.2 Å². The molecule has 1 aromatic rings. The second kappa shape index (κ2) is 5.93. The van der Waals surface area contributed by atoms with Gasteiger partial charge in [0.1, 0.15) is 0 Å². The summed E-state index contributed by atoms with van der Waals surface area (Å²) in [6.45, 7) is 6.52. The number of nitrogens with zero attached hydrogens (tertiary/aromatic N) is 1. The van der Waals surface area contributed by atoms with Crippen molar-refractivity contribution in [2.24, 2.45) is 5.92 Å². The molecule has 1 unspecified atom stereocenters. The van der Waals surface area contributed by atoms with Crippen molar-refractivity contribution in [2.75, 3.05) is 20.6 Å². The Bertz CT molecular complexity index is 252. The Morgan fingerprint density at radius 1 is 1.40 bits per heavy atom. The van der Waals surface area contributed by atoms with E-state index < -0.39 is 0 Å². The maximum Gasteiger partial charge on any atom is 0.0360 e. The maximum absolute atomic E-state index is 3.58. The topological polar surface area (TPSA) is 31.1 Å². The highest BCUT2D eigenvalue weighted by atomic mass is 15.1. The highest BCUT2D eigenvalue weighted by Crippen LogP contribution is 2.04. The van der Waals surface area contributed by atoms with Gasteiger partial charge in [-0.3, -0.25) is 0 Å². The first-order valence-corrected chi connectivity index (χ1v) is 5.60. The van der Waals surface area contributed by atoms with E-state index in [1.54, 1.807) is 0 Å². The Kier molecular flexibility index (Phi) is 4.85. The van der Waals surface area contributed by atoms with Crippen LogP contribution in [0.2, 0.25) is 0 Å². The summed E-state index contributed by atoms with van der Waals surface area (Å²) in [4.78, 5) is 5.44. The van der Waals surface area contributed by atoms with Gasteiger partial charge in [0, 0.05) is 31.0 Å². The zero-order valence-electron chi connectivity index (χ0n) is 10.2. The molecule has 1 heterocycles. The van der Waals surface area contributed by atoms with Gasteiger partial charge in [-0.25, -0.2) is 0 Å². The van der Waals surface area contributed by atoms with E-state index in [9.17, 15) is 0 Å². The van der Waals surface area contributed by atoms with Crippen LogP contribution in [0.4, 0.5) is 0 Å². The Labute approximate surface area is 92.9 Å². The van der Waals surface area contributed by atoms with Crippen LogP contribution in [0.3, 0.4) is 0 Å². The van der Waals surface area contributed by atoms with Gasteiger partial charge >= 0.3 is 0 Å². The van der Waals surface area contributed by atoms with Crippen LogP contribution in [0.5, 0.6) is 0 Å². The van der Waals surface area contributed by atoms with Gasteiger partial charge in [0.2, 0.25) is 0 Å². The number of hydrogen-bond donors (Lipinski definition) is 2. The van der Waals surface area contributed by atoms with Crippen LogP contribution in [-0.4, -0.2) is 36.6 Å². The zero-order chi connectivity index (χ0) is 11.3. The molecule has 1 aromatic heterocycles. The molecule has 1 atom stereocenters. The molecule has 3 heteroatoms. The van der Waals surface area contributed by atoms with Crippen LogP contribution < -0.4 is 5.32 Å². The van der Waals surface area contributed by atoms with Crippen molar-refractivity contribution in [2.45, 2.75) is 26.4 Å². The van der Waals surface area contributed by atoms with Gasteiger partial charge in [-0.2, -0.15) is 0 Å². The molecular weight excluding hydrogens is 186 g/mol. The second-order valence-corrected chi connectivity index (χ2v) is 4.69. The molecule has 0 spiro atoms. The Morgan fingerprint density at radius 2 is 2.13 bits per heavy atom. The number of aromatic amines is 1. The van der Waals surface area contributed by atoms with Crippen molar-refractivity contribution < 1.29 is 0 Å². The lowest BCUT2D eigenvalue weighted by molar-refractivity contribution is 0.287. The molecule has 0 bridgehead atoms. The minimum Gasteiger partial charge on any atom is -0.364 e. The normalized spacial score (nSPS) is 13.7. The van der Waals surface area contributed by atoms with Crippen LogP contribution in [0.25, 0.3) is 0 Å². The number of aromatic nitrogens is 1. The van der Waals surface area contributed by atoms with Crippen molar-refractivity contribution in [1.29, 1.82) is 0 Å². The molecule has 0 aliphatic rings. The third kappa shape index (κ3) is 4.49. The molecule has 1 rings (SSSR count). The molecule has 86 valence electrons. The van der Waals surface area contributed by atoms with E-state index in [0.29, 0.717) is 12.0 Å². The van der Waals surface area contributed by atoms with Gasteiger partial charge in [-0.05, 0) is 32.1 Å². The summed E-state index contributed by atoms with van der Waals surface area (Å²) in [5.74, 6) is 0.655. The SMILES string of the molecule is CC(C)C(CN(C)C)NCc1ccc[nH]1.